The van der Waals surface area contributed by atoms with Gasteiger partial charge in [-0.15, -0.1) is 0 Å². The maximum atomic E-state index is 12.8. The summed E-state index contributed by atoms with van der Waals surface area (Å²) in [5.41, 5.74) is 0.450. The Morgan fingerprint density at radius 1 is 1.31 bits per heavy atom. The fourth-order valence-electron chi connectivity index (χ4n) is 2.88. The number of hydrogen-bond acceptors (Lipinski definition) is 5. The first-order valence-electron chi connectivity index (χ1n) is 8.51. The van der Waals surface area contributed by atoms with Crippen LogP contribution in [0.15, 0.2) is 23.1 Å². The highest BCUT2D eigenvalue weighted by molar-refractivity contribution is 7.89. The molecule has 26 heavy (non-hydrogen) atoms. The third-order valence-corrected chi connectivity index (χ3v) is 6.78. The van der Waals surface area contributed by atoms with E-state index in [-0.39, 0.29) is 11.0 Å². The summed E-state index contributed by atoms with van der Waals surface area (Å²) in [6.07, 6.45) is 2.21. The van der Waals surface area contributed by atoms with Crippen molar-refractivity contribution in [3.8, 4) is 0 Å². The van der Waals surface area contributed by atoms with E-state index in [4.69, 9.17) is 33.3 Å². The van der Waals surface area contributed by atoms with Crippen molar-refractivity contribution in [1.82, 2.24) is 9.62 Å². The molecular formula is C16H22ClN3O4S2. The quantitative estimate of drug-likeness (QED) is 0.704. The van der Waals surface area contributed by atoms with Gasteiger partial charge in [-0.25, -0.2) is 8.42 Å². The van der Waals surface area contributed by atoms with Gasteiger partial charge in [0.15, 0.2) is 5.11 Å². The fraction of sp³-hybridized carbons (Fsp3) is 0.562. The second-order valence-electron chi connectivity index (χ2n) is 6.13. The van der Waals surface area contributed by atoms with E-state index < -0.39 is 10.0 Å². The lowest BCUT2D eigenvalue weighted by Crippen LogP contribution is -2.40. The lowest BCUT2D eigenvalue weighted by molar-refractivity contribution is 0.0730. The van der Waals surface area contributed by atoms with Crippen molar-refractivity contribution in [2.45, 2.75) is 23.8 Å². The largest absolute Gasteiger partial charge is 0.379 e. The van der Waals surface area contributed by atoms with Crippen LogP contribution in [0.4, 0.5) is 5.69 Å². The van der Waals surface area contributed by atoms with Crippen LogP contribution in [0.2, 0.25) is 5.02 Å². The highest BCUT2D eigenvalue weighted by atomic mass is 35.5. The molecule has 10 heteroatoms. The Hall–Kier alpha value is -0.970. The van der Waals surface area contributed by atoms with Crippen LogP contribution in [-0.2, 0) is 19.5 Å². The summed E-state index contributed by atoms with van der Waals surface area (Å²) in [6.45, 7) is 2.86. The molecule has 2 fully saturated rings. The van der Waals surface area contributed by atoms with Gasteiger partial charge < -0.3 is 20.1 Å². The Labute approximate surface area is 164 Å². The first kappa shape index (κ1) is 19.8. The molecule has 2 saturated heterocycles. The average Bonchev–Trinajstić information content (AvgIpc) is 3.16. The fourth-order valence-corrected chi connectivity index (χ4v) is 4.67. The molecule has 0 unspecified atom stereocenters. The molecule has 0 aliphatic carbocycles. The van der Waals surface area contributed by atoms with Crippen molar-refractivity contribution in [2.75, 3.05) is 44.8 Å². The molecule has 1 atom stereocenters. The monoisotopic (exact) mass is 419 g/mol. The minimum Gasteiger partial charge on any atom is -0.379 e. The Balaban J connectivity index is 1.67. The number of ether oxygens (including phenoxy) is 2. The molecule has 3 rings (SSSR count). The molecule has 0 bridgehead atoms. The van der Waals surface area contributed by atoms with Crippen LogP contribution in [0.1, 0.15) is 12.8 Å². The number of benzene rings is 1. The molecule has 0 amide bonds. The SMILES string of the molecule is O=S(=O)(c1ccc(Cl)c(NC(=S)NC[C@@H]2CCCO2)c1)N1CCOCC1. The minimum absolute atomic E-state index is 0.151. The average molecular weight is 420 g/mol. The molecule has 1 aromatic carbocycles. The number of sulfonamides is 1. The molecule has 2 N–H and O–H groups in total. The molecule has 0 saturated carbocycles. The first-order chi connectivity index (χ1) is 12.5. The molecule has 2 heterocycles. The summed E-state index contributed by atoms with van der Waals surface area (Å²) in [5, 5.41) is 6.83. The van der Waals surface area contributed by atoms with Crippen molar-refractivity contribution in [3.63, 3.8) is 0 Å². The van der Waals surface area contributed by atoms with E-state index in [2.05, 4.69) is 10.6 Å². The molecule has 0 spiro atoms. The molecule has 7 nitrogen and oxygen atoms in total. The Kier molecular flexibility index (Phi) is 6.70. The molecule has 0 radical (unpaired) electrons. The lowest BCUT2D eigenvalue weighted by Gasteiger charge is -2.26. The molecule has 2 aliphatic heterocycles. The topological polar surface area (TPSA) is 79.9 Å². The maximum Gasteiger partial charge on any atom is 0.243 e. The van der Waals surface area contributed by atoms with Gasteiger partial charge in [-0.1, -0.05) is 11.6 Å². The van der Waals surface area contributed by atoms with Crippen LogP contribution in [0.5, 0.6) is 0 Å². The van der Waals surface area contributed by atoms with Gasteiger partial charge in [0.1, 0.15) is 0 Å². The van der Waals surface area contributed by atoms with E-state index >= 15 is 0 Å². The summed E-state index contributed by atoms with van der Waals surface area (Å²) in [7, 11) is -3.59. The molecule has 0 aromatic heterocycles. The van der Waals surface area contributed by atoms with E-state index in [1.165, 1.54) is 16.4 Å². The van der Waals surface area contributed by atoms with E-state index in [0.717, 1.165) is 19.4 Å². The second kappa shape index (κ2) is 8.81. The summed E-state index contributed by atoms with van der Waals surface area (Å²) in [4.78, 5) is 0.174. The van der Waals surface area contributed by atoms with Crippen LogP contribution in [0, 0.1) is 0 Å². The van der Waals surface area contributed by atoms with Crippen LogP contribution in [-0.4, -0.2) is 63.4 Å². The number of halogens is 1. The number of anilines is 1. The predicted molar refractivity (Wildman–Crippen MR) is 104 cm³/mol. The number of nitrogens with zero attached hydrogens (tertiary/aromatic N) is 1. The number of thiocarbonyl (C=S) groups is 1. The van der Waals surface area contributed by atoms with Gasteiger partial charge in [0.25, 0.3) is 0 Å². The van der Waals surface area contributed by atoms with Crippen LogP contribution >= 0.6 is 23.8 Å². The van der Waals surface area contributed by atoms with Gasteiger partial charge in [-0.3, -0.25) is 0 Å². The van der Waals surface area contributed by atoms with Crippen LogP contribution < -0.4 is 10.6 Å². The zero-order valence-corrected chi connectivity index (χ0v) is 16.6. The zero-order chi connectivity index (χ0) is 18.6. The van der Waals surface area contributed by atoms with Gasteiger partial charge in [-0.2, -0.15) is 4.31 Å². The highest BCUT2D eigenvalue weighted by Gasteiger charge is 2.27. The maximum absolute atomic E-state index is 12.8. The predicted octanol–water partition coefficient (Wildman–Crippen LogP) is 1.83. The van der Waals surface area contributed by atoms with Crippen molar-refractivity contribution >= 4 is 44.6 Å². The van der Waals surface area contributed by atoms with Crippen molar-refractivity contribution in [3.05, 3.63) is 23.2 Å². The number of morpholine rings is 1. The summed E-state index contributed by atoms with van der Waals surface area (Å²) in [5.74, 6) is 0. The first-order valence-corrected chi connectivity index (χ1v) is 10.7. The Morgan fingerprint density at radius 2 is 2.08 bits per heavy atom. The van der Waals surface area contributed by atoms with Crippen LogP contribution in [0.25, 0.3) is 0 Å². The molecule has 2 aliphatic rings. The number of rotatable bonds is 5. The van der Waals surface area contributed by atoms with Gasteiger partial charge in [0, 0.05) is 26.2 Å². The zero-order valence-electron chi connectivity index (χ0n) is 14.2. The van der Waals surface area contributed by atoms with Gasteiger partial charge >= 0.3 is 0 Å². The third kappa shape index (κ3) is 4.85. The molecule has 144 valence electrons. The number of nitrogens with one attached hydrogen (secondary N) is 2. The third-order valence-electron chi connectivity index (χ3n) is 4.31. The second-order valence-corrected chi connectivity index (χ2v) is 8.88. The van der Waals surface area contributed by atoms with Gasteiger partial charge in [0.2, 0.25) is 10.0 Å². The van der Waals surface area contributed by atoms with Gasteiger partial charge in [0.05, 0.1) is 34.9 Å². The van der Waals surface area contributed by atoms with E-state index in [0.29, 0.717) is 48.7 Å². The van der Waals surface area contributed by atoms with Crippen molar-refractivity contribution < 1.29 is 17.9 Å². The van der Waals surface area contributed by atoms with E-state index in [1.54, 1.807) is 6.07 Å². The lowest BCUT2D eigenvalue weighted by atomic mass is 10.2. The summed E-state index contributed by atoms with van der Waals surface area (Å²) >= 11 is 11.5. The number of hydrogen-bond donors (Lipinski definition) is 2. The summed E-state index contributed by atoms with van der Waals surface area (Å²) < 4.78 is 37.7. The van der Waals surface area contributed by atoms with Crippen molar-refractivity contribution in [1.29, 1.82) is 0 Å². The minimum atomic E-state index is -3.59. The standard InChI is InChI=1S/C16H22ClN3O4S2/c17-14-4-3-13(26(21,22)20-5-8-23-9-6-20)10-15(14)19-16(25)18-11-12-2-1-7-24-12/h3-4,10,12H,1-2,5-9,11H2,(H2,18,19,25)/t12-/m0/s1. The molecular weight excluding hydrogens is 398 g/mol. The van der Waals surface area contributed by atoms with Crippen molar-refractivity contribution in [2.24, 2.45) is 0 Å². The van der Waals surface area contributed by atoms with E-state index in [1.807, 2.05) is 0 Å². The highest BCUT2D eigenvalue weighted by Crippen LogP contribution is 2.27. The van der Waals surface area contributed by atoms with E-state index in [9.17, 15) is 8.42 Å². The molecule has 1 aromatic rings. The Morgan fingerprint density at radius 3 is 2.77 bits per heavy atom. The smallest absolute Gasteiger partial charge is 0.243 e. The normalized spacial score (nSPS) is 21.5. The Bertz CT molecular complexity index is 748. The van der Waals surface area contributed by atoms with Crippen LogP contribution in [0.3, 0.4) is 0 Å². The summed E-state index contributed by atoms with van der Waals surface area (Å²) in [6, 6.07) is 4.56. The van der Waals surface area contributed by atoms with Gasteiger partial charge in [-0.05, 0) is 43.3 Å².